The summed E-state index contributed by atoms with van der Waals surface area (Å²) in [4.78, 5) is 22.5. The molecule has 16 heavy (non-hydrogen) atoms. The number of carbonyl (C=O) groups is 2. The number of carbonyl (C=O) groups excluding carboxylic acids is 1. The fourth-order valence-electron chi connectivity index (χ4n) is 1.48. The number of amides is 1. The van der Waals surface area contributed by atoms with Crippen LogP contribution in [0.3, 0.4) is 0 Å². The Balaban J connectivity index is 2.54. The van der Waals surface area contributed by atoms with E-state index in [9.17, 15) is 9.59 Å². The minimum absolute atomic E-state index is 0.00292. The van der Waals surface area contributed by atoms with Crippen molar-refractivity contribution in [2.24, 2.45) is 17.1 Å². The molecule has 4 N–H and O–H groups in total. The first-order chi connectivity index (χ1) is 7.36. The van der Waals surface area contributed by atoms with Gasteiger partial charge in [-0.2, -0.15) is 0 Å². The SMILES string of the molecule is CC(C)(CN)C(=O)NC(CC(=O)O)C1CC1. The van der Waals surface area contributed by atoms with Gasteiger partial charge in [0.1, 0.15) is 0 Å². The highest BCUT2D eigenvalue weighted by Gasteiger charge is 2.36. The van der Waals surface area contributed by atoms with Crippen molar-refractivity contribution in [3.05, 3.63) is 0 Å². The van der Waals surface area contributed by atoms with Crippen molar-refractivity contribution in [2.45, 2.75) is 39.2 Å². The number of aliphatic carboxylic acids is 1. The van der Waals surface area contributed by atoms with Crippen molar-refractivity contribution >= 4 is 11.9 Å². The number of nitrogens with one attached hydrogen (secondary N) is 1. The van der Waals surface area contributed by atoms with Crippen LogP contribution >= 0.6 is 0 Å². The van der Waals surface area contributed by atoms with Crippen LogP contribution in [0.25, 0.3) is 0 Å². The monoisotopic (exact) mass is 228 g/mol. The number of rotatable bonds is 6. The van der Waals surface area contributed by atoms with Gasteiger partial charge in [-0.15, -0.1) is 0 Å². The van der Waals surface area contributed by atoms with Crippen LogP contribution in [-0.2, 0) is 9.59 Å². The molecular weight excluding hydrogens is 208 g/mol. The van der Waals surface area contributed by atoms with Crippen LogP contribution in [-0.4, -0.2) is 29.6 Å². The van der Waals surface area contributed by atoms with Gasteiger partial charge in [0.2, 0.25) is 5.91 Å². The van der Waals surface area contributed by atoms with Crippen molar-refractivity contribution in [3.63, 3.8) is 0 Å². The first-order valence-electron chi connectivity index (χ1n) is 5.59. The Morgan fingerprint density at radius 1 is 1.50 bits per heavy atom. The van der Waals surface area contributed by atoms with Gasteiger partial charge in [-0.3, -0.25) is 9.59 Å². The molecule has 5 nitrogen and oxygen atoms in total. The molecule has 0 aromatic rings. The highest BCUT2D eigenvalue weighted by molar-refractivity contribution is 5.83. The molecule has 0 radical (unpaired) electrons. The number of carboxylic acid groups (broad SMARTS) is 1. The predicted octanol–water partition coefficient (Wildman–Crippen LogP) is 0.341. The Labute approximate surface area is 95.4 Å². The van der Waals surface area contributed by atoms with Crippen molar-refractivity contribution in [3.8, 4) is 0 Å². The van der Waals surface area contributed by atoms with Crippen LogP contribution < -0.4 is 11.1 Å². The van der Waals surface area contributed by atoms with Gasteiger partial charge in [-0.25, -0.2) is 0 Å². The van der Waals surface area contributed by atoms with Gasteiger partial charge in [-0.1, -0.05) is 0 Å². The lowest BCUT2D eigenvalue weighted by molar-refractivity contribution is -0.138. The number of hydrogen-bond acceptors (Lipinski definition) is 3. The summed E-state index contributed by atoms with van der Waals surface area (Å²) in [6.07, 6.45) is 2.00. The second-order valence-corrected chi connectivity index (χ2v) is 5.10. The molecular formula is C11H20N2O3. The van der Waals surface area contributed by atoms with Crippen molar-refractivity contribution in [1.29, 1.82) is 0 Å². The molecule has 1 saturated carbocycles. The molecule has 5 heteroatoms. The van der Waals surface area contributed by atoms with E-state index in [1.54, 1.807) is 13.8 Å². The summed E-state index contributed by atoms with van der Waals surface area (Å²) in [5.41, 5.74) is 4.87. The average molecular weight is 228 g/mol. The Kier molecular flexibility index (Phi) is 3.91. The van der Waals surface area contributed by atoms with Crippen LogP contribution in [0.4, 0.5) is 0 Å². The summed E-state index contributed by atoms with van der Waals surface area (Å²) < 4.78 is 0. The average Bonchev–Trinajstić information content (AvgIpc) is 2.99. The van der Waals surface area contributed by atoms with Crippen molar-refractivity contribution in [2.75, 3.05) is 6.54 Å². The maximum atomic E-state index is 11.8. The molecule has 92 valence electrons. The van der Waals surface area contributed by atoms with Gasteiger partial charge < -0.3 is 16.2 Å². The topological polar surface area (TPSA) is 92.4 Å². The second-order valence-electron chi connectivity index (χ2n) is 5.10. The molecule has 0 spiro atoms. The van der Waals surface area contributed by atoms with Gasteiger partial charge in [0.15, 0.2) is 0 Å². The van der Waals surface area contributed by atoms with E-state index >= 15 is 0 Å². The lowest BCUT2D eigenvalue weighted by Crippen LogP contribution is -2.47. The van der Waals surface area contributed by atoms with E-state index in [1.165, 1.54) is 0 Å². The first kappa shape index (κ1) is 13.0. The van der Waals surface area contributed by atoms with Crippen LogP contribution in [0.1, 0.15) is 33.1 Å². The molecule has 1 aliphatic carbocycles. The smallest absolute Gasteiger partial charge is 0.305 e. The van der Waals surface area contributed by atoms with E-state index < -0.39 is 11.4 Å². The van der Waals surface area contributed by atoms with E-state index in [1.807, 2.05) is 0 Å². The minimum Gasteiger partial charge on any atom is -0.481 e. The Morgan fingerprint density at radius 2 is 2.06 bits per heavy atom. The second kappa shape index (κ2) is 4.82. The van der Waals surface area contributed by atoms with Gasteiger partial charge in [0.05, 0.1) is 11.8 Å². The quantitative estimate of drug-likeness (QED) is 0.611. The summed E-state index contributed by atoms with van der Waals surface area (Å²) in [5, 5.41) is 11.6. The molecule has 1 unspecified atom stereocenters. The number of hydrogen-bond donors (Lipinski definition) is 3. The maximum absolute atomic E-state index is 11.8. The summed E-state index contributed by atoms with van der Waals surface area (Å²) in [5.74, 6) is -0.704. The molecule has 0 aromatic heterocycles. The molecule has 1 aliphatic rings. The summed E-state index contributed by atoms with van der Waals surface area (Å²) in [7, 11) is 0. The molecule has 1 fully saturated rings. The summed E-state index contributed by atoms with van der Waals surface area (Å²) in [6, 6.07) is -0.240. The molecule has 0 aromatic carbocycles. The van der Waals surface area contributed by atoms with E-state index in [-0.39, 0.29) is 24.9 Å². The molecule has 0 bridgehead atoms. The zero-order valence-corrected chi connectivity index (χ0v) is 9.82. The fourth-order valence-corrected chi connectivity index (χ4v) is 1.48. The van der Waals surface area contributed by atoms with Crippen LogP contribution in [0, 0.1) is 11.3 Å². The van der Waals surface area contributed by atoms with Crippen LogP contribution in [0.5, 0.6) is 0 Å². The molecule has 0 saturated heterocycles. The van der Waals surface area contributed by atoms with Crippen molar-refractivity contribution in [1.82, 2.24) is 5.32 Å². The first-order valence-corrected chi connectivity index (χ1v) is 5.59. The van der Waals surface area contributed by atoms with Gasteiger partial charge in [0, 0.05) is 12.6 Å². The predicted molar refractivity (Wildman–Crippen MR) is 59.7 cm³/mol. The maximum Gasteiger partial charge on any atom is 0.305 e. The zero-order chi connectivity index (χ0) is 12.3. The van der Waals surface area contributed by atoms with E-state index in [4.69, 9.17) is 10.8 Å². The number of nitrogens with two attached hydrogens (primary N) is 1. The van der Waals surface area contributed by atoms with Gasteiger partial charge in [0.25, 0.3) is 0 Å². The normalized spacial score (nSPS) is 17.9. The fraction of sp³-hybridized carbons (Fsp3) is 0.818. The third-order valence-corrected chi connectivity index (χ3v) is 3.03. The molecule has 0 aliphatic heterocycles. The Bertz CT molecular complexity index is 285. The third kappa shape index (κ3) is 3.48. The molecule has 0 heterocycles. The van der Waals surface area contributed by atoms with Crippen LogP contribution in [0.2, 0.25) is 0 Å². The highest BCUT2D eigenvalue weighted by Crippen LogP contribution is 2.34. The lowest BCUT2D eigenvalue weighted by Gasteiger charge is -2.25. The van der Waals surface area contributed by atoms with Crippen molar-refractivity contribution < 1.29 is 14.7 Å². The lowest BCUT2D eigenvalue weighted by atomic mass is 9.92. The van der Waals surface area contributed by atoms with Gasteiger partial charge in [-0.05, 0) is 32.6 Å². The molecule has 1 atom stereocenters. The zero-order valence-electron chi connectivity index (χ0n) is 9.82. The Hall–Kier alpha value is -1.10. The minimum atomic E-state index is -0.872. The Morgan fingerprint density at radius 3 is 2.44 bits per heavy atom. The molecule has 1 amide bonds. The summed E-state index contributed by atoms with van der Waals surface area (Å²) in [6.45, 7) is 3.77. The number of carboxylic acids is 1. The standard InChI is InChI=1S/C11H20N2O3/c1-11(2,6-12)10(16)13-8(5-9(14)15)7-3-4-7/h7-8H,3-6,12H2,1-2H3,(H,13,16)(H,14,15). The highest BCUT2D eigenvalue weighted by atomic mass is 16.4. The summed E-state index contributed by atoms with van der Waals surface area (Å²) >= 11 is 0. The van der Waals surface area contributed by atoms with Crippen LogP contribution in [0.15, 0.2) is 0 Å². The van der Waals surface area contributed by atoms with E-state index in [0.29, 0.717) is 5.92 Å². The largest absolute Gasteiger partial charge is 0.481 e. The van der Waals surface area contributed by atoms with E-state index in [0.717, 1.165) is 12.8 Å². The van der Waals surface area contributed by atoms with Gasteiger partial charge >= 0.3 is 5.97 Å². The molecule has 1 rings (SSSR count). The van der Waals surface area contributed by atoms with E-state index in [2.05, 4.69) is 5.32 Å². The third-order valence-electron chi connectivity index (χ3n) is 3.03.